The molecule has 0 spiro atoms. The van der Waals surface area contributed by atoms with Gasteiger partial charge in [-0.1, -0.05) is 12.1 Å². The van der Waals surface area contributed by atoms with E-state index in [0.717, 1.165) is 24.4 Å². The average molecular weight is 486 g/mol. The molecular formula is C25H26F3N5O2. The molecule has 0 aliphatic rings. The van der Waals surface area contributed by atoms with Crippen molar-refractivity contribution in [3.63, 3.8) is 0 Å². The number of nitrogens with zero attached hydrogens (tertiary/aromatic N) is 2. The number of likely N-dealkylation sites (N-methyl/N-ethyl adjacent to an activating group) is 1. The maximum atomic E-state index is 13.0. The fourth-order valence-electron chi connectivity index (χ4n) is 3.21. The van der Waals surface area contributed by atoms with E-state index < -0.39 is 23.6 Å². The third-order valence-corrected chi connectivity index (χ3v) is 5.08. The van der Waals surface area contributed by atoms with E-state index in [1.807, 2.05) is 19.0 Å². The van der Waals surface area contributed by atoms with Gasteiger partial charge in [-0.3, -0.25) is 14.6 Å². The first-order valence-electron chi connectivity index (χ1n) is 10.8. The van der Waals surface area contributed by atoms with Gasteiger partial charge < -0.3 is 20.9 Å². The zero-order valence-electron chi connectivity index (χ0n) is 19.5. The molecule has 35 heavy (non-hydrogen) atoms. The molecular weight excluding hydrogens is 459 g/mol. The Hall–Kier alpha value is -3.92. The molecule has 7 nitrogen and oxygen atoms in total. The smallest absolute Gasteiger partial charge is 0.382 e. The fourth-order valence-corrected chi connectivity index (χ4v) is 3.21. The summed E-state index contributed by atoms with van der Waals surface area (Å²) < 4.78 is 38.9. The van der Waals surface area contributed by atoms with E-state index in [1.54, 1.807) is 31.3 Å². The van der Waals surface area contributed by atoms with Gasteiger partial charge in [0.1, 0.15) is 0 Å². The normalized spacial score (nSPS) is 11.3. The molecule has 3 rings (SSSR count). The quantitative estimate of drug-likeness (QED) is 0.423. The Balaban J connectivity index is 1.71. The summed E-state index contributed by atoms with van der Waals surface area (Å²) in [5.41, 5.74) is 1.43. The second-order valence-electron chi connectivity index (χ2n) is 8.21. The van der Waals surface area contributed by atoms with Gasteiger partial charge in [0.15, 0.2) is 0 Å². The van der Waals surface area contributed by atoms with E-state index in [1.165, 1.54) is 24.4 Å². The highest BCUT2D eigenvalue weighted by atomic mass is 19.4. The minimum absolute atomic E-state index is 0.143. The lowest BCUT2D eigenvalue weighted by molar-refractivity contribution is -0.137. The van der Waals surface area contributed by atoms with Gasteiger partial charge in [0, 0.05) is 29.9 Å². The number of amides is 2. The molecule has 0 saturated heterocycles. The topological polar surface area (TPSA) is 86.4 Å². The van der Waals surface area contributed by atoms with Gasteiger partial charge in [0.2, 0.25) is 0 Å². The van der Waals surface area contributed by atoms with E-state index in [2.05, 4.69) is 20.9 Å². The first-order valence-corrected chi connectivity index (χ1v) is 10.8. The van der Waals surface area contributed by atoms with Crippen molar-refractivity contribution >= 4 is 28.9 Å². The number of carbonyl (C=O) groups excluding carboxylic acids is 2. The summed E-state index contributed by atoms with van der Waals surface area (Å²) in [6.45, 7) is 3.28. The Kier molecular flexibility index (Phi) is 8.08. The number of benzene rings is 2. The van der Waals surface area contributed by atoms with E-state index in [0.29, 0.717) is 23.4 Å². The van der Waals surface area contributed by atoms with Crippen molar-refractivity contribution in [2.45, 2.75) is 13.1 Å². The first-order chi connectivity index (χ1) is 16.5. The summed E-state index contributed by atoms with van der Waals surface area (Å²) in [4.78, 5) is 31.6. The zero-order chi connectivity index (χ0) is 25.6. The Morgan fingerprint density at radius 1 is 0.914 bits per heavy atom. The number of hydrogen-bond acceptors (Lipinski definition) is 5. The standard InChI is InChI=1S/C25H26F3N5O2/c1-16-7-8-19(31-23(34)17-5-4-6-18(11-17)25(26,27)28)13-22(16)24(35)32-21-12-20(14-29-15-21)30-9-10-33(2)3/h4-8,11-15,30H,9-10H2,1-3H3,(H,31,34)(H,32,35). The largest absolute Gasteiger partial charge is 0.416 e. The third kappa shape index (κ3) is 7.28. The van der Waals surface area contributed by atoms with Gasteiger partial charge in [-0.2, -0.15) is 13.2 Å². The molecule has 3 N–H and O–H groups in total. The zero-order valence-corrected chi connectivity index (χ0v) is 19.5. The van der Waals surface area contributed by atoms with Crippen LogP contribution in [0.2, 0.25) is 0 Å². The number of pyridine rings is 1. The van der Waals surface area contributed by atoms with Crippen molar-refractivity contribution in [2.24, 2.45) is 0 Å². The summed E-state index contributed by atoms with van der Waals surface area (Å²) >= 11 is 0. The maximum absolute atomic E-state index is 13.0. The molecule has 0 unspecified atom stereocenters. The van der Waals surface area contributed by atoms with Crippen molar-refractivity contribution in [3.8, 4) is 0 Å². The van der Waals surface area contributed by atoms with Gasteiger partial charge in [0.25, 0.3) is 11.8 Å². The molecule has 0 atom stereocenters. The highest BCUT2D eigenvalue weighted by molar-refractivity contribution is 6.08. The molecule has 1 heterocycles. The van der Waals surface area contributed by atoms with Crippen LogP contribution in [0.15, 0.2) is 60.9 Å². The summed E-state index contributed by atoms with van der Waals surface area (Å²) in [6, 6.07) is 10.6. The summed E-state index contributed by atoms with van der Waals surface area (Å²) in [5.74, 6) is -1.13. The predicted molar refractivity (Wildman–Crippen MR) is 130 cm³/mol. The summed E-state index contributed by atoms with van der Waals surface area (Å²) in [7, 11) is 3.93. The van der Waals surface area contributed by atoms with Crippen LogP contribution in [0.1, 0.15) is 31.8 Å². The molecule has 2 amide bonds. The molecule has 0 radical (unpaired) electrons. The van der Waals surface area contributed by atoms with E-state index in [-0.39, 0.29) is 11.3 Å². The molecule has 3 aromatic rings. The Labute approximate surface area is 201 Å². The van der Waals surface area contributed by atoms with E-state index >= 15 is 0 Å². The number of alkyl halides is 3. The average Bonchev–Trinajstić information content (AvgIpc) is 2.80. The number of hydrogen-bond donors (Lipinski definition) is 3. The molecule has 1 aromatic heterocycles. The SMILES string of the molecule is Cc1ccc(NC(=O)c2cccc(C(F)(F)F)c2)cc1C(=O)Nc1cncc(NCCN(C)C)c1. The number of nitrogens with one attached hydrogen (secondary N) is 3. The predicted octanol–water partition coefficient (Wildman–Crippen LogP) is 4.89. The third-order valence-electron chi connectivity index (χ3n) is 5.08. The lowest BCUT2D eigenvalue weighted by Crippen LogP contribution is -2.21. The maximum Gasteiger partial charge on any atom is 0.416 e. The van der Waals surface area contributed by atoms with Crippen molar-refractivity contribution in [3.05, 3.63) is 83.2 Å². The van der Waals surface area contributed by atoms with Crippen LogP contribution in [0.25, 0.3) is 0 Å². The Bertz CT molecular complexity index is 1210. The second kappa shape index (κ2) is 11.0. The van der Waals surface area contributed by atoms with Gasteiger partial charge in [-0.15, -0.1) is 0 Å². The van der Waals surface area contributed by atoms with Crippen LogP contribution >= 0.6 is 0 Å². The van der Waals surface area contributed by atoms with Crippen LogP contribution in [0.5, 0.6) is 0 Å². The van der Waals surface area contributed by atoms with Gasteiger partial charge in [-0.25, -0.2) is 0 Å². The van der Waals surface area contributed by atoms with Crippen LogP contribution in [0.4, 0.5) is 30.2 Å². The van der Waals surface area contributed by atoms with Crippen molar-refractivity contribution < 1.29 is 22.8 Å². The van der Waals surface area contributed by atoms with Crippen molar-refractivity contribution in [1.29, 1.82) is 0 Å². The van der Waals surface area contributed by atoms with Crippen LogP contribution in [-0.2, 0) is 6.18 Å². The minimum Gasteiger partial charge on any atom is -0.382 e. The molecule has 184 valence electrons. The highest BCUT2D eigenvalue weighted by Gasteiger charge is 2.30. The monoisotopic (exact) mass is 485 g/mol. The minimum atomic E-state index is -4.56. The molecule has 0 aliphatic heterocycles. The van der Waals surface area contributed by atoms with Crippen molar-refractivity contribution in [2.75, 3.05) is 43.1 Å². The summed E-state index contributed by atoms with van der Waals surface area (Å²) in [6.07, 6.45) is -1.39. The summed E-state index contributed by atoms with van der Waals surface area (Å²) in [5, 5.41) is 8.56. The number of aryl methyl sites for hydroxylation is 1. The number of anilines is 3. The van der Waals surface area contributed by atoms with Gasteiger partial charge in [-0.05, 0) is 63.0 Å². The van der Waals surface area contributed by atoms with Crippen LogP contribution in [-0.4, -0.2) is 48.9 Å². The highest BCUT2D eigenvalue weighted by Crippen LogP contribution is 2.29. The molecule has 10 heteroatoms. The van der Waals surface area contributed by atoms with Crippen molar-refractivity contribution in [1.82, 2.24) is 9.88 Å². The molecule has 0 saturated carbocycles. The Morgan fingerprint density at radius 3 is 2.34 bits per heavy atom. The number of aromatic nitrogens is 1. The fraction of sp³-hybridized carbons (Fsp3) is 0.240. The lowest BCUT2D eigenvalue weighted by Gasteiger charge is -2.13. The molecule has 0 aliphatic carbocycles. The molecule has 0 fully saturated rings. The van der Waals surface area contributed by atoms with Crippen LogP contribution in [0.3, 0.4) is 0 Å². The lowest BCUT2D eigenvalue weighted by atomic mass is 10.1. The molecule has 2 aromatic carbocycles. The Morgan fingerprint density at radius 2 is 1.63 bits per heavy atom. The second-order valence-corrected chi connectivity index (χ2v) is 8.21. The van der Waals surface area contributed by atoms with E-state index in [9.17, 15) is 22.8 Å². The van der Waals surface area contributed by atoms with Crippen LogP contribution in [0, 0.1) is 6.92 Å². The van der Waals surface area contributed by atoms with E-state index in [4.69, 9.17) is 0 Å². The van der Waals surface area contributed by atoms with Crippen LogP contribution < -0.4 is 16.0 Å². The number of carbonyl (C=O) groups is 2. The van der Waals surface area contributed by atoms with Gasteiger partial charge in [0.05, 0.1) is 29.3 Å². The number of halogens is 3. The molecule has 0 bridgehead atoms. The number of rotatable bonds is 8. The first kappa shape index (κ1) is 25.7. The van der Waals surface area contributed by atoms with Gasteiger partial charge >= 0.3 is 6.18 Å².